The minimum Gasteiger partial charge on any atom is -0.466 e. The molecule has 1 fully saturated rings. The zero-order valence-electron chi connectivity index (χ0n) is 14.7. The molecule has 1 aromatic rings. The summed E-state index contributed by atoms with van der Waals surface area (Å²) in [6.07, 6.45) is 5.69. The Morgan fingerprint density at radius 2 is 2.04 bits per heavy atom. The molecule has 2 heterocycles. The summed E-state index contributed by atoms with van der Waals surface area (Å²) in [6, 6.07) is 3.79. The number of nitro benzene ring substituents is 1. The third-order valence-corrected chi connectivity index (χ3v) is 7.36. The fraction of sp³-hybridized carbons (Fsp3) is 0.333. The number of nitro groups is 1. The molecule has 0 saturated carbocycles. The maximum Gasteiger partial charge on any atom is 0.335 e. The molecule has 1 saturated heterocycles. The number of esters is 1. The molecule has 5 rings (SSSR count). The summed E-state index contributed by atoms with van der Waals surface area (Å²) >= 11 is 0. The second kappa shape index (κ2) is 6.26. The van der Waals surface area contributed by atoms with Crippen molar-refractivity contribution in [2.24, 2.45) is 17.8 Å². The van der Waals surface area contributed by atoms with E-state index >= 15 is 0 Å². The quantitative estimate of drug-likeness (QED) is 0.322. The Morgan fingerprint density at radius 3 is 2.71 bits per heavy atom. The van der Waals surface area contributed by atoms with Crippen molar-refractivity contribution < 1.29 is 27.7 Å². The average molecular weight is 404 g/mol. The highest BCUT2D eigenvalue weighted by molar-refractivity contribution is 7.89. The molecule has 9 nitrogen and oxygen atoms in total. The molecule has 4 aliphatic rings. The molecule has 0 spiro atoms. The van der Waals surface area contributed by atoms with Gasteiger partial charge in [-0.15, -0.1) is 0 Å². The van der Waals surface area contributed by atoms with Crippen LogP contribution in [0.25, 0.3) is 0 Å². The van der Waals surface area contributed by atoms with Crippen molar-refractivity contribution in [1.29, 1.82) is 0 Å². The van der Waals surface area contributed by atoms with Gasteiger partial charge in [0.15, 0.2) is 4.90 Å². The topological polar surface area (TPSA) is 124 Å². The number of benzene rings is 1. The Morgan fingerprint density at radius 1 is 1.32 bits per heavy atom. The molecule has 1 aromatic carbocycles. The molecule has 10 heteroatoms. The summed E-state index contributed by atoms with van der Waals surface area (Å²) in [5.74, 6) is -2.75. The number of fused-ring (bicyclic) bond motifs is 1. The Labute approximate surface area is 160 Å². The van der Waals surface area contributed by atoms with Crippen LogP contribution < -0.4 is 0 Å². The first kappa shape index (κ1) is 18.4. The van der Waals surface area contributed by atoms with Gasteiger partial charge in [-0.1, -0.05) is 30.4 Å². The standard InChI is InChI=1S/C18H16N2O7S/c1-27-18(22)13-9-12-10-5-4-6-11(10)16(13)19(17(12)21)28(25,26)15-8-3-2-7-14(15)20(23)24/h2-5,7-12,16H,6H2,1H3/t10-,11+,12-,16-/m1/s1. The van der Waals surface area contributed by atoms with E-state index in [1.165, 1.54) is 25.3 Å². The zero-order valence-corrected chi connectivity index (χ0v) is 15.5. The molecular weight excluding hydrogens is 388 g/mol. The molecule has 0 radical (unpaired) electrons. The van der Waals surface area contributed by atoms with Gasteiger partial charge in [-0.05, 0) is 24.3 Å². The first-order valence-corrected chi connectivity index (χ1v) is 10.0. The predicted molar refractivity (Wildman–Crippen MR) is 95.2 cm³/mol. The second-order valence-electron chi connectivity index (χ2n) is 6.85. The van der Waals surface area contributed by atoms with Gasteiger partial charge in [0.05, 0.1) is 29.6 Å². The van der Waals surface area contributed by atoms with Gasteiger partial charge in [-0.25, -0.2) is 17.5 Å². The van der Waals surface area contributed by atoms with Gasteiger partial charge in [-0.2, -0.15) is 0 Å². The van der Waals surface area contributed by atoms with Crippen molar-refractivity contribution in [3.8, 4) is 0 Å². The molecule has 146 valence electrons. The van der Waals surface area contributed by atoms with Crippen LogP contribution in [-0.4, -0.2) is 42.7 Å². The monoisotopic (exact) mass is 404 g/mol. The Bertz CT molecular complexity index is 1060. The number of rotatable bonds is 4. The molecule has 2 bridgehead atoms. The molecule has 0 aromatic heterocycles. The van der Waals surface area contributed by atoms with Crippen molar-refractivity contribution in [1.82, 2.24) is 4.31 Å². The van der Waals surface area contributed by atoms with Gasteiger partial charge < -0.3 is 4.74 Å². The minimum absolute atomic E-state index is 0.0965. The van der Waals surface area contributed by atoms with E-state index in [0.29, 0.717) is 10.7 Å². The number of carbonyl (C=O) groups excluding carboxylic acids is 2. The van der Waals surface area contributed by atoms with E-state index in [1.807, 2.05) is 12.2 Å². The van der Waals surface area contributed by atoms with Crippen LogP contribution in [0.2, 0.25) is 0 Å². The number of carbonyl (C=O) groups is 2. The maximum absolute atomic E-state index is 13.4. The van der Waals surface area contributed by atoms with Crippen molar-refractivity contribution in [2.45, 2.75) is 17.4 Å². The number of methoxy groups -OCH3 is 1. The molecule has 0 N–H and O–H groups in total. The van der Waals surface area contributed by atoms with E-state index in [1.54, 1.807) is 0 Å². The number of allylic oxidation sites excluding steroid dienone is 2. The van der Waals surface area contributed by atoms with E-state index in [9.17, 15) is 28.1 Å². The van der Waals surface area contributed by atoms with Crippen LogP contribution in [0.15, 0.2) is 53.0 Å². The van der Waals surface area contributed by atoms with Crippen LogP contribution in [-0.2, 0) is 24.3 Å². The average Bonchev–Trinajstić information content (AvgIpc) is 3.18. The minimum atomic E-state index is -4.57. The first-order valence-electron chi connectivity index (χ1n) is 8.57. The molecule has 4 atom stereocenters. The predicted octanol–water partition coefficient (Wildman–Crippen LogP) is 1.42. The van der Waals surface area contributed by atoms with Gasteiger partial charge in [0, 0.05) is 6.07 Å². The smallest absolute Gasteiger partial charge is 0.335 e. The van der Waals surface area contributed by atoms with E-state index in [0.717, 1.165) is 12.1 Å². The van der Waals surface area contributed by atoms with Crippen LogP contribution in [0.3, 0.4) is 0 Å². The Hall–Kier alpha value is -3.01. The van der Waals surface area contributed by atoms with E-state index in [2.05, 4.69) is 0 Å². The van der Waals surface area contributed by atoms with Crippen molar-refractivity contribution in [2.75, 3.05) is 7.11 Å². The van der Waals surface area contributed by atoms with Gasteiger partial charge in [0.25, 0.3) is 15.7 Å². The zero-order chi connectivity index (χ0) is 20.2. The Kier molecular flexibility index (Phi) is 4.11. The van der Waals surface area contributed by atoms with Crippen molar-refractivity contribution >= 4 is 27.6 Å². The number of hydrogen-bond donors (Lipinski definition) is 0. The van der Waals surface area contributed by atoms with Crippen molar-refractivity contribution in [3.63, 3.8) is 0 Å². The summed E-state index contributed by atoms with van der Waals surface area (Å²) in [4.78, 5) is 35.3. The summed E-state index contributed by atoms with van der Waals surface area (Å²) in [5.41, 5.74) is -0.527. The lowest BCUT2D eigenvalue weighted by atomic mass is 9.68. The van der Waals surface area contributed by atoms with Gasteiger partial charge in [0.2, 0.25) is 5.91 Å². The highest BCUT2D eigenvalue weighted by Gasteiger charge is 2.58. The van der Waals surface area contributed by atoms with Crippen LogP contribution in [0.4, 0.5) is 5.69 Å². The molecular formula is C18H16N2O7S. The number of piperidine rings is 1. The molecule has 0 unspecified atom stereocenters. The molecule has 2 aliphatic heterocycles. The lowest BCUT2D eigenvalue weighted by Gasteiger charge is -2.48. The molecule has 2 aliphatic carbocycles. The first-order chi connectivity index (χ1) is 13.3. The number of sulfonamides is 1. The van der Waals surface area contributed by atoms with Crippen LogP contribution >= 0.6 is 0 Å². The van der Waals surface area contributed by atoms with Crippen LogP contribution in [0.1, 0.15) is 6.42 Å². The highest BCUT2D eigenvalue weighted by atomic mass is 32.2. The van der Waals surface area contributed by atoms with Gasteiger partial charge in [0.1, 0.15) is 0 Å². The summed E-state index contributed by atoms with van der Waals surface area (Å²) in [5, 5.41) is 11.3. The summed E-state index contributed by atoms with van der Waals surface area (Å²) in [6.45, 7) is 0. The fourth-order valence-electron chi connectivity index (χ4n) is 4.38. The largest absolute Gasteiger partial charge is 0.466 e. The Balaban J connectivity index is 1.89. The second-order valence-corrected chi connectivity index (χ2v) is 8.64. The number of nitrogens with zero attached hydrogens (tertiary/aromatic N) is 2. The third-order valence-electron chi connectivity index (χ3n) is 5.53. The molecule has 1 amide bonds. The number of hydrogen-bond acceptors (Lipinski definition) is 7. The maximum atomic E-state index is 13.4. The summed E-state index contributed by atoms with van der Waals surface area (Å²) in [7, 11) is -3.39. The van der Waals surface area contributed by atoms with E-state index < -0.39 is 49.4 Å². The third kappa shape index (κ3) is 2.40. The fourth-order valence-corrected chi connectivity index (χ4v) is 6.18. The highest BCUT2D eigenvalue weighted by Crippen LogP contribution is 2.50. The van der Waals surface area contributed by atoms with Crippen LogP contribution in [0.5, 0.6) is 0 Å². The van der Waals surface area contributed by atoms with Gasteiger partial charge >= 0.3 is 5.97 Å². The SMILES string of the molecule is COC(=O)C1=C[C@H]2C(=O)N(S(=O)(=O)c3ccccc3[N+](=O)[O-])[C@@H]1[C@H]1CC=C[C@H]12. The van der Waals surface area contributed by atoms with Crippen LogP contribution in [0, 0.1) is 27.9 Å². The number of amides is 1. The lowest BCUT2D eigenvalue weighted by Crippen LogP contribution is -2.61. The lowest BCUT2D eigenvalue weighted by molar-refractivity contribution is -0.387. The number of ether oxygens (including phenoxy) is 1. The van der Waals surface area contributed by atoms with Gasteiger partial charge in [-0.3, -0.25) is 14.9 Å². The van der Waals surface area contributed by atoms with E-state index in [-0.39, 0.29) is 17.4 Å². The summed E-state index contributed by atoms with van der Waals surface area (Å²) < 4.78 is 32.2. The van der Waals surface area contributed by atoms with E-state index in [4.69, 9.17) is 4.74 Å². The van der Waals surface area contributed by atoms with Crippen molar-refractivity contribution in [3.05, 3.63) is 58.2 Å². The normalized spacial score (nSPS) is 28.1. The number of para-hydroxylation sites is 1. The molecule has 28 heavy (non-hydrogen) atoms.